The Hall–Kier alpha value is -0.610. The first kappa shape index (κ1) is 14.4. The Morgan fingerprint density at radius 1 is 1.47 bits per heavy atom. The number of aliphatic hydroxyl groups is 1. The molecule has 0 aliphatic heterocycles. The number of ether oxygens (including phenoxy) is 1. The van der Waals surface area contributed by atoms with Crippen LogP contribution < -0.4 is 5.32 Å². The van der Waals surface area contributed by atoms with Gasteiger partial charge in [0.15, 0.2) is 0 Å². The second-order valence-corrected chi connectivity index (χ2v) is 4.70. The molecule has 0 radical (unpaired) electrons. The number of rotatable bonds is 6. The molecule has 4 heteroatoms. The number of nitrogens with one attached hydrogen (secondary N) is 1. The van der Waals surface area contributed by atoms with Crippen molar-refractivity contribution in [1.29, 1.82) is 0 Å². The normalized spacial score (nSPS) is 13.7. The van der Waals surface area contributed by atoms with Crippen LogP contribution in [0.5, 0.6) is 0 Å². The molecule has 0 spiro atoms. The first-order valence-electron chi connectivity index (χ1n) is 5.41. The van der Waals surface area contributed by atoms with Crippen LogP contribution >= 0.6 is 0 Å². The molecular weight excluding hydrogens is 194 g/mol. The minimum atomic E-state index is -0.409. The SMILES string of the molecule is CC(CCO)NCCC(=O)OC(C)(C)C. The van der Waals surface area contributed by atoms with E-state index in [1.807, 2.05) is 27.7 Å². The molecule has 0 rings (SSSR count). The fourth-order valence-corrected chi connectivity index (χ4v) is 1.11. The molecule has 0 saturated heterocycles. The maximum absolute atomic E-state index is 11.3. The van der Waals surface area contributed by atoms with Gasteiger partial charge < -0.3 is 15.2 Å². The zero-order chi connectivity index (χ0) is 11.9. The van der Waals surface area contributed by atoms with Crippen molar-refractivity contribution in [2.45, 2.75) is 52.2 Å². The summed E-state index contributed by atoms with van der Waals surface area (Å²) >= 11 is 0. The topological polar surface area (TPSA) is 58.6 Å². The van der Waals surface area contributed by atoms with Gasteiger partial charge in [-0.1, -0.05) is 0 Å². The van der Waals surface area contributed by atoms with Crippen LogP contribution in [-0.2, 0) is 9.53 Å². The van der Waals surface area contributed by atoms with E-state index in [4.69, 9.17) is 9.84 Å². The lowest BCUT2D eigenvalue weighted by Crippen LogP contribution is -2.31. The number of carbonyl (C=O) groups is 1. The summed E-state index contributed by atoms with van der Waals surface area (Å²) in [7, 11) is 0. The number of hydrogen-bond acceptors (Lipinski definition) is 4. The van der Waals surface area contributed by atoms with Crippen LogP contribution in [0.4, 0.5) is 0 Å². The first-order chi connectivity index (χ1) is 6.85. The van der Waals surface area contributed by atoms with Crippen molar-refractivity contribution in [2.24, 2.45) is 0 Å². The lowest BCUT2D eigenvalue weighted by Gasteiger charge is -2.20. The van der Waals surface area contributed by atoms with E-state index in [0.717, 1.165) is 0 Å². The number of esters is 1. The molecular formula is C11H23NO3. The van der Waals surface area contributed by atoms with Gasteiger partial charge in [-0.05, 0) is 34.1 Å². The molecule has 0 heterocycles. The van der Waals surface area contributed by atoms with Crippen LogP contribution in [0.25, 0.3) is 0 Å². The summed E-state index contributed by atoms with van der Waals surface area (Å²) in [4.78, 5) is 11.3. The van der Waals surface area contributed by atoms with E-state index in [2.05, 4.69) is 5.32 Å². The lowest BCUT2D eigenvalue weighted by molar-refractivity contribution is -0.154. The van der Waals surface area contributed by atoms with Gasteiger partial charge in [-0.2, -0.15) is 0 Å². The quantitative estimate of drug-likeness (QED) is 0.654. The summed E-state index contributed by atoms with van der Waals surface area (Å²) in [5, 5.41) is 11.8. The van der Waals surface area contributed by atoms with Crippen LogP contribution in [0, 0.1) is 0 Å². The first-order valence-corrected chi connectivity index (χ1v) is 5.41. The van der Waals surface area contributed by atoms with Crippen molar-refractivity contribution >= 4 is 5.97 Å². The van der Waals surface area contributed by atoms with Gasteiger partial charge in [0.1, 0.15) is 5.60 Å². The number of carbonyl (C=O) groups excluding carboxylic acids is 1. The van der Waals surface area contributed by atoms with Crippen LogP contribution in [-0.4, -0.2) is 35.9 Å². The monoisotopic (exact) mass is 217 g/mol. The lowest BCUT2D eigenvalue weighted by atomic mass is 10.2. The molecule has 0 aromatic rings. The second-order valence-electron chi connectivity index (χ2n) is 4.70. The summed E-state index contributed by atoms with van der Waals surface area (Å²) in [6.45, 7) is 8.30. The van der Waals surface area contributed by atoms with Gasteiger partial charge in [-0.25, -0.2) is 0 Å². The zero-order valence-electron chi connectivity index (χ0n) is 10.2. The Labute approximate surface area is 92.0 Å². The van der Waals surface area contributed by atoms with E-state index < -0.39 is 5.60 Å². The molecule has 1 atom stereocenters. The van der Waals surface area contributed by atoms with E-state index in [9.17, 15) is 4.79 Å². The van der Waals surface area contributed by atoms with Crippen molar-refractivity contribution in [3.8, 4) is 0 Å². The molecule has 2 N–H and O–H groups in total. The second kappa shape index (κ2) is 6.80. The summed E-state index contributed by atoms with van der Waals surface area (Å²) in [6.07, 6.45) is 1.07. The van der Waals surface area contributed by atoms with Crippen LogP contribution in [0.3, 0.4) is 0 Å². The summed E-state index contributed by atoms with van der Waals surface area (Å²) < 4.78 is 5.15. The van der Waals surface area contributed by atoms with Gasteiger partial charge >= 0.3 is 5.97 Å². The van der Waals surface area contributed by atoms with Gasteiger partial charge in [0.05, 0.1) is 6.42 Å². The average molecular weight is 217 g/mol. The Morgan fingerprint density at radius 2 is 2.07 bits per heavy atom. The Morgan fingerprint density at radius 3 is 2.53 bits per heavy atom. The highest BCUT2D eigenvalue weighted by atomic mass is 16.6. The van der Waals surface area contributed by atoms with Gasteiger partial charge in [0, 0.05) is 19.2 Å². The summed E-state index contributed by atoms with van der Waals surface area (Å²) in [5.41, 5.74) is -0.409. The number of aliphatic hydroxyl groups excluding tert-OH is 1. The molecule has 90 valence electrons. The third-order valence-corrected chi connectivity index (χ3v) is 1.80. The molecule has 0 fully saturated rings. The average Bonchev–Trinajstić information content (AvgIpc) is 2.00. The summed E-state index contributed by atoms with van der Waals surface area (Å²) in [5.74, 6) is -0.189. The highest BCUT2D eigenvalue weighted by Crippen LogP contribution is 2.07. The number of hydrogen-bond donors (Lipinski definition) is 2. The largest absolute Gasteiger partial charge is 0.460 e. The van der Waals surface area contributed by atoms with Crippen molar-refractivity contribution < 1.29 is 14.6 Å². The Balaban J connectivity index is 3.55. The fraction of sp³-hybridized carbons (Fsp3) is 0.909. The minimum absolute atomic E-state index is 0.167. The zero-order valence-corrected chi connectivity index (χ0v) is 10.2. The molecule has 1 unspecified atom stereocenters. The molecule has 0 saturated carbocycles. The molecule has 0 aliphatic rings. The highest BCUT2D eigenvalue weighted by Gasteiger charge is 2.15. The van der Waals surface area contributed by atoms with Gasteiger partial charge in [0.2, 0.25) is 0 Å². The Bertz CT molecular complexity index is 187. The van der Waals surface area contributed by atoms with Crippen LogP contribution in [0.2, 0.25) is 0 Å². The van der Waals surface area contributed by atoms with E-state index in [1.54, 1.807) is 0 Å². The summed E-state index contributed by atoms with van der Waals surface area (Å²) in [6, 6.07) is 0.234. The van der Waals surface area contributed by atoms with Crippen LogP contribution in [0.1, 0.15) is 40.5 Å². The van der Waals surface area contributed by atoms with Gasteiger partial charge in [-0.15, -0.1) is 0 Å². The maximum Gasteiger partial charge on any atom is 0.307 e. The molecule has 0 aliphatic carbocycles. The standard InChI is InChI=1S/C11H23NO3/c1-9(6-8-13)12-7-5-10(14)15-11(2,3)4/h9,12-13H,5-8H2,1-4H3. The van der Waals surface area contributed by atoms with Crippen molar-refractivity contribution in [3.63, 3.8) is 0 Å². The smallest absolute Gasteiger partial charge is 0.307 e. The van der Waals surface area contributed by atoms with Crippen molar-refractivity contribution in [1.82, 2.24) is 5.32 Å². The molecule has 0 aromatic carbocycles. The van der Waals surface area contributed by atoms with E-state index in [-0.39, 0.29) is 18.6 Å². The fourth-order valence-electron chi connectivity index (χ4n) is 1.11. The van der Waals surface area contributed by atoms with Crippen molar-refractivity contribution in [3.05, 3.63) is 0 Å². The van der Waals surface area contributed by atoms with E-state index >= 15 is 0 Å². The molecule has 0 bridgehead atoms. The molecule has 15 heavy (non-hydrogen) atoms. The maximum atomic E-state index is 11.3. The highest BCUT2D eigenvalue weighted by molar-refractivity contribution is 5.70. The molecule has 4 nitrogen and oxygen atoms in total. The predicted octanol–water partition coefficient (Wildman–Crippen LogP) is 1.08. The van der Waals surface area contributed by atoms with E-state index in [1.165, 1.54) is 0 Å². The third-order valence-electron chi connectivity index (χ3n) is 1.80. The molecule has 0 amide bonds. The minimum Gasteiger partial charge on any atom is -0.460 e. The van der Waals surface area contributed by atoms with Crippen molar-refractivity contribution in [2.75, 3.05) is 13.2 Å². The predicted molar refractivity (Wildman–Crippen MR) is 59.6 cm³/mol. The van der Waals surface area contributed by atoms with Gasteiger partial charge in [0.25, 0.3) is 0 Å². The van der Waals surface area contributed by atoms with E-state index in [0.29, 0.717) is 19.4 Å². The Kier molecular flexibility index (Phi) is 6.52. The van der Waals surface area contributed by atoms with Crippen LogP contribution in [0.15, 0.2) is 0 Å². The third kappa shape index (κ3) is 9.69. The van der Waals surface area contributed by atoms with Gasteiger partial charge in [-0.3, -0.25) is 4.79 Å². The molecule has 0 aromatic heterocycles.